The third-order valence-electron chi connectivity index (χ3n) is 6.74. The summed E-state index contributed by atoms with van der Waals surface area (Å²) >= 11 is 0. The smallest absolute Gasteiger partial charge is 0.258 e. The van der Waals surface area contributed by atoms with E-state index < -0.39 is 0 Å². The number of tetrazole rings is 1. The van der Waals surface area contributed by atoms with E-state index in [4.69, 9.17) is 4.74 Å². The van der Waals surface area contributed by atoms with Gasteiger partial charge in [-0.15, -0.1) is 5.10 Å². The van der Waals surface area contributed by atoms with Gasteiger partial charge in [-0.25, -0.2) is 4.68 Å². The molecular weight excluding hydrogens is 380 g/mol. The number of fused-ring (bicyclic) bond motifs is 1. The van der Waals surface area contributed by atoms with Gasteiger partial charge in [0.2, 0.25) is 5.82 Å². The van der Waals surface area contributed by atoms with Crippen LogP contribution in [0.5, 0.6) is 5.75 Å². The van der Waals surface area contributed by atoms with E-state index in [-0.39, 0.29) is 11.6 Å². The first-order valence-corrected chi connectivity index (χ1v) is 11.1. The van der Waals surface area contributed by atoms with E-state index >= 15 is 0 Å². The first kappa shape index (κ1) is 19.2. The number of nitrogens with zero attached hydrogens (tertiary/aromatic N) is 4. The number of aromatic amines is 1. The average molecular weight is 410 g/mol. The lowest BCUT2D eigenvalue weighted by molar-refractivity contribution is -0.914. The lowest BCUT2D eigenvalue weighted by Gasteiger charge is -2.27. The summed E-state index contributed by atoms with van der Waals surface area (Å²) in [4.78, 5) is 17.6. The summed E-state index contributed by atoms with van der Waals surface area (Å²) in [5.74, 6) is 1.60. The molecule has 0 spiro atoms. The van der Waals surface area contributed by atoms with Crippen molar-refractivity contribution in [2.45, 2.75) is 57.0 Å². The summed E-state index contributed by atoms with van der Waals surface area (Å²) in [5, 5.41) is 13.9. The van der Waals surface area contributed by atoms with E-state index in [1.807, 2.05) is 28.9 Å². The molecule has 3 aromatic rings. The van der Waals surface area contributed by atoms with Gasteiger partial charge < -0.3 is 14.6 Å². The minimum atomic E-state index is -0.163. The number of methoxy groups -OCH3 is 1. The molecule has 1 saturated carbocycles. The zero-order valence-corrected chi connectivity index (χ0v) is 17.4. The van der Waals surface area contributed by atoms with Crippen molar-refractivity contribution in [1.29, 1.82) is 0 Å². The number of pyridine rings is 1. The van der Waals surface area contributed by atoms with E-state index in [1.165, 1.54) is 24.2 Å². The quantitative estimate of drug-likeness (QED) is 0.671. The summed E-state index contributed by atoms with van der Waals surface area (Å²) in [6.07, 6.45) is 8.23. The van der Waals surface area contributed by atoms with Crippen LogP contribution in [0.4, 0.5) is 0 Å². The van der Waals surface area contributed by atoms with Gasteiger partial charge in [0.25, 0.3) is 5.56 Å². The first-order valence-electron chi connectivity index (χ1n) is 11.1. The van der Waals surface area contributed by atoms with Gasteiger partial charge in [0.05, 0.1) is 31.8 Å². The third-order valence-corrected chi connectivity index (χ3v) is 6.74. The highest BCUT2D eigenvalue weighted by Crippen LogP contribution is 2.30. The van der Waals surface area contributed by atoms with Gasteiger partial charge >= 0.3 is 0 Å². The minimum absolute atomic E-state index is 0.0599. The van der Waals surface area contributed by atoms with Gasteiger partial charge in [0.15, 0.2) is 6.04 Å². The Hall–Kier alpha value is -2.74. The van der Waals surface area contributed by atoms with Crippen molar-refractivity contribution in [1.82, 2.24) is 25.2 Å². The zero-order valence-electron chi connectivity index (χ0n) is 17.4. The van der Waals surface area contributed by atoms with Crippen molar-refractivity contribution >= 4 is 10.9 Å². The SMILES string of the molecule is COc1ccc2[nH]c(=O)c([C@@H](c3nnnn3C3CCCCC3)[NH+]3CCCC3)cc2c1. The largest absolute Gasteiger partial charge is 0.497 e. The normalized spacial score (nSPS) is 19.4. The van der Waals surface area contributed by atoms with E-state index in [2.05, 4.69) is 20.5 Å². The summed E-state index contributed by atoms with van der Waals surface area (Å²) < 4.78 is 7.41. The van der Waals surface area contributed by atoms with Crippen LogP contribution in [-0.2, 0) is 0 Å². The van der Waals surface area contributed by atoms with Crippen LogP contribution in [-0.4, -0.2) is 45.4 Å². The molecule has 30 heavy (non-hydrogen) atoms. The van der Waals surface area contributed by atoms with Crippen molar-refractivity contribution in [3.05, 3.63) is 46.0 Å². The van der Waals surface area contributed by atoms with Crippen LogP contribution >= 0.6 is 0 Å². The maximum absolute atomic E-state index is 13.2. The molecule has 5 rings (SSSR count). The molecule has 2 aliphatic rings. The topological polar surface area (TPSA) is 90.1 Å². The van der Waals surface area contributed by atoms with Crippen LogP contribution in [0, 0.1) is 0 Å². The molecule has 0 amide bonds. The van der Waals surface area contributed by atoms with Crippen molar-refractivity contribution < 1.29 is 9.64 Å². The van der Waals surface area contributed by atoms with Crippen LogP contribution < -0.4 is 15.2 Å². The zero-order chi connectivity index (χ0) is 20.5. The van der Waals surface area contributed by atoms with Gasteiger partial charge in [0, 0.05) is 23.7 Å². The van der Waals surface area contributed by atoms with Gasteiger partial charge in [0.1, 0.15) is 5.75 Å². The molecule has 8 nitrogen and oxygen atoms in total. The average Bonchev–Trinajstić information content (AvgIpc) is 3.48. The highest BCUT2D eigenvalue weighted by molar-refractivity contribution is 5.80. The van der Waals surface area contributed by atoms with Gasteiger partial charge in [-0.05, 0) is 47.5 Å². The molecule has 3 heterocycles. The molecule has 2 fully saturated rings. The van der Waals surface area contributed by atoms with E-state index in [9.17, 15) is 4.79 Å². The molecule has 1 aliphatic heterocycles. The second kappa shape index (κ2) is 8.18. The van der Waals surface area contributed by atoms with Gasteiger partial charge in [-0.1, -0.05) is 19.3 Å². The highest BCUT2D eigenvalue weighted by atomic mass is 16.5. The third kappa shape index (κ3) is 3.49. The predicted octanol–water partition coefficient (Wildman–Crippen LogP) is 1.80. The van der Waals surface area contributed by atoms with Crippen LogP contribution in [0.25, 0.3) is 10.9 Å². The first-order chi connectivity index (χ1) is 14.7. The van der Waals surface area contributed by atoms with Crippen LogP contribution in [0.3, 0.4) is 0 Å². The fraction of sp³-hybridized carbons (Fsp3) is 0.545. The molecule has 8 heteroatoms. The van der Waals surface area contributed by atoms with E-state index in [0.717, 1.165) is 66.8 Å². The lowest BCUT2D eigenvalue weighted by Crippen LogP contribution is -3.10. The van der Waals surface area contributed by atoms with Crippen LogP contribution in [0.2, 0.25) is 0 Å². The number of nitrogens with one attached hydrogen (secondary N) is 2. The summed E-state index contributed by atoms with van der Waals surface area (Å²) in [5.41, 5.74) is 1.49. The fourth-order valence-corrected chi connectivity index (χ4v) is 5.18. The number of benzene rings is 1. The van der Waals surface area contributed by atoms with Crippen LogP contribution in [0.15, 0.2) is 29.1 Å². The Morgan fingerprint density at radius 3 is 2.70 bits per heavy atom. The number of likely N-dealkylation sites (tertiary alicyclic amines) is 1. The molecule has 1 saturated heterocycles. The number of aromatic nitrogens is 5. The Balaban J connectivity index is 1.63. The molecule has 0 unspecified atom stereocenters. The number of H-pyrrole nitrogens is 1. The second-order valence-electron chi connectivity index (χ2n) is 8.58. The number of hydrogen-bond acceptors (Lipinski definition) is 5. The predicted molar refractivity (Wildman–Crippen MR) is 113 cm³/mol. The molecule has 0 radical (unpaired) electrons. The monoisotopic (exact) mass is 409 g/mol. The summed E-state index contributed by atoms with van der Waals surface area (Å²) in [6.45, 7) is 2.05. The molecule has 0 bridgehead atoms. The molecule has 2 aromatic heterocycles. The van der Waals surface area contributed by atoms with Crippen LogP contribution in [0.1, 0.15) is 68.4 Å². The molecule has 158 valence electrons. The number of rotatable bonds is 5. The molecule has 1 aliphatic carbocycles. The van der Waals surface area contributed by atoms with E-state index in [0.29, 0.717) is 6.04 Å². The highest BCUT2D eigenvalue weighted by Gasteiger charge is 2.37. The van der Waals surface area contributed by atoms with Gasteiger partial charge in [-0.2, -0.15) is 0 Å². The Kier molecular flexibility index (Phi) is 5.25. The Bertz CT molecular complexity index is 1080. The van der Waals surface area contributed by atoms with Crippen molar-refractivity contribution in [2.24, 2.45) is 0 Å². The van der Waals surface area contributed by atoms with Crippen molar-refractivity contribution in [3.8, 4) is 5.75 Å². The molecule has 1 atom stereocenters. The fourth-order valence-electron chi connectivity index (χ4n) is 5.18. The number of hydrogen-bond donors (Lipinski definition) is 2. The minimum Gasteiger partial charge on any atom is -0.497 e. The molecule has 1 aromatic carbocycles. The van der Waals surface area contributed by atoms with Crippen molar-refractivity contribution in [2.75, 3.05) is 20.2 Å². The number of quaternary nitrogens is 1. The second-order valence-corrected chi connectivity index (χ2v) is 8.58. The Morgan fingerprint density at radius 1 is 1.13 bits per heavy atom. The van der Waals surface area contributed by atoms with Gasteiger partial charge in [-0.3, -0.25) is 4.79 Å². The Morgan fingerprint density at radius 2 is 1.93 bits per heavy atom. The Labute approximate surface area is 175 Å². The summed E-state index contributed by atoms with van der Waals surface area (Å²) in [7, 11) is 1.66. The standard InChI is InChI=1S/C22H28N6O2/c1-30-17-9-10-19-15(13-17)14-18(22(29)23-19)20(27-11-5-6-12-27)21-24-25-26-28(21)16-7-3-2-4-8-16/h9-10,13-14,16,20H,2-8,11-12H2,1H3,(H,23,29)/p+1/t20-/m0/s1. The van der Waals surface area contributed by atoms with Crippen molar-refractivity contribution in [3.63, 3.8) is 0 Å². The lowest BCUT2D eigenvalue weighted by atomic mass is 9.95. The molecule has 2 N–H and O–H groups in total. The maximum Gasteiger partial charge on any atom is 0.258 e. The maximum atomic E-state index is 13.2. The van der Waals surface area contributed by atoms with E-state index in [1.54, 1.807) is 7.11 Å². The molecular formula is C22H29N6O2+. The number of ether oxygens (including phenoxy) is 1. The summed E-state index contributed by atoms with van der Waals surface area (Å²) in [6, 6.07) is 7.90.